The van der Waals surface area contributed by atoms with E-state index in [1.807, 2.05) is 22.6 Å². The molecule has 5 heteroatoms. The highest BCUT2D eigenvalue weighted by Gasteiger charge is 2.55. The van der Waals surface area contributed by atoms with Crippen molar-refractivity contribution in [3.8, 4) is 0 Å². The standard InChI is InChI=1S/C8H10F2INO/c1-2-3-12-5-6(4-11)8(9,10)7(12)13/h2,6H,1,3-5H2. The zero-order chi connectivity index (χ0) is 10.1. The molecule has 1 aliphatic rings. The molecule has 0 radical (unpaired) electrons. The van der Waals surface area contributed by atoms with Gasteiger partial charge in [-0.15, -0.1) is 6.58 Å². The molecule has 0 aromatic rings. The minimum atomic E-state index is -3.18. The largest absolute Gasteiger partial charge is 0.333 e. The fraction of sp³-hybridized carbons (Fsp3) is 0.625. The molecule has 74 valence electrons. The summed E-state index contributed by atoms with van der Waals surface area (Å²) in [5.41, 5.74) is 0. The second kappa shape index (κ2) is 3.89. The van der Waals surface area contributed by atoms with E-state index in [4.69, 9.17) is 0 Å². The van der Waals surface area contributed by atoms with Crippen LogP contribution in [0, 0.1) is 5.92 Å². The molecule has 0 bridgehead atoms. The first-order chi connectivity index (χ1) is 6.04. The highest BCUT2D eigenvalue weighted by Crippen LogP contribution is 2.35. The predicted molar refractivity (Wildman–Crippen MR) is 54.1 cm³/mol. The molecule has 0 saturated carbocycles. The molecule has 1 unspecified atom stereocenters. The third kappa shape index (κ3) is 1.84. The SMILES string of the molecule is C=CCN1CC(CI)C(F)(F)C1=O. The minimum Gasteiger partial charge on any atom is -0.333 e. The third-order valence-corrected chi connectivity index (χ3v) is 3.12. The van der Waals surface area contributed by atoms with Crippen LogP contribution < -0.4 is 0 Å². The second-order valence-corrected chi connectivity index (χ2v) is 3.85. The van der Waals surface area contributed by atoms with Crippen LogP contribution in [0.5, 0.6) is 0 Å². The Labute approximate surface area is 89.1 Å². The Morgan fingerprint density at radius 3 is 2.77 bits per heavy atom. The van der Waals surface area contributed by atoms with Crippen molar-refractivity contribution in [3.05, 3.63) is 12.7 Å². The molecule has 1 fully saturated rings. The molecule has 0 N–H and O–H groups in total. The Morgan fingerprint density at radius 1 is 1.77 bits per heavy atom. The summed E-state index contributed by atoms with van der Waals surface area (Å²) in [6.07, 6.45) is 1.46. The molecule has 1 aliphatic heterocycles. The summed E-state index contributed by atoms with van der Waals surface area (Å²) < 4.78 is 26.6. The van der Waals surface area contributed by atoms with Crippen LogP contribution in [0.3, 0.4) is 0 Å². The fourth-order valence-electron chi connectivity index (χ4n) is 1.31. The van der Waals surface area contributed by atoms with Gasteiger partial charge in [0, 0.05) is 17.5 Å². The maximum absolute atomic E-state index is 13.1. The number of rotatable bonds is 3. The first-order valence-corrected chi connectivity index (χ1v) is 5.40. The summed E-state index contributed by atoms with van der Waals surface area (Å²) in [5, 5.41) is 0. The lowest BCUT2D eigenvalue weighted by Gasteiger charge is -2.12. The summed E-state index contributed by atoms with van der Waals surface area (Å²) in [6.45, 7) is 3.77. The maximum Gasteiger partial charge on any atom is 0.329 e. The molecule has 1 saturated heterocycles. The molecule has 0 aromatic heterocycles. The Kier molecular flexibility index (Phi) is 3.26. The number of carbonyl (C=O) groups is 1. The minimum absolute atomic E-state index is 0.140. The van der Waals surface area contributed by atoms with Gasteiger partial charge >= 0.3 is 5.92 Å². The van der Waals surface area contributed by atoms with Gasteiger partial charge in [-0.2, -0.15) is 8.78 Å². The number of halogens is 3. The predicted octanol–water partition coefficient (Wildman–Crippen LogP) is 1.70. The van der Waals surface area contributed by atoms with Crippen LogP contribution in [0.4, 0.5) is 8.78 Å². The van der Waals surface area contributed by atoms with Gasteiger partial charge in [0.1, 0.15) is 0 Å². The van der Waals surface area contributed by atoms with E-state index in [1.54, 1.807) is 0 Å². The molecule has 1 amide bonds. The van der Waals surface area contributed by atoms with Gasteiger partial charge in [0.2, 0.25) is 0 Å². The Morgan fingerprint density at radius 2 is 2.38 bits per heavy atom. The Hall–Kier alpha value is -0.200. The number of amides is 1. The van der Waals surface area contributed by atoms with E-state index in [0.29, 0.717) is 4.43 Å². The van der Waals surface area contributed by atoms with E-state index in [-0.39, 0.29) is 13.1 Å². The fourth-order valence-corrected chi connectivity index (χ4v) is 2.14. The average molecular weight is 301 g/mol. The number of alkyl halides is 3. The van der Waals surface area contributed by atoms with Crippen LogP contribution in [0.25, 0.3) is 0 Å². The maximum atomic E-state index is 13.1. The van der Waals surface area contributed by atoms with Crippen LogP contribution in [0.1, 0.15) is 0 Å². The summed E-state index contributed by atoms with van der Waals surface area (Å²) >= 11 is 1.88. The van der Waals surface area contributed by atoms with Crippen molar-refractivity contribution in [1.82, 2.24) is 4.90 Å². The third-order valence-electron chi connectivity index (χ3n) is 2.06. The molecular weight excluding hydrogens is 291 g/mol. The van der Waals surface area contributed by atoms with Gasteiger partial charge in [-0.3, -0.25) is 4.79 Å². The van der Waals surface area contributed by atoms with E-state index in [0.717, 1.165) is 4.90 Å². The van der Waals surface area contributed by atoms with Crippen molar-refractivity contribution in [1.29, 1.82) is 0 Å². The smallest absolute Gasteiger partial charge is 0.329 e. The molecule has 0 aliphatic carbocycles. The Bertz CT molecular complexity index is 232. The number of carbonyl (C=O) groups excluding carboxylic acids is 1. The lowest BCUT2D eigenvalue weighted by atomic mass is 10.1. The molecule has 2 nitrogen and oxygen atoms in total. The summed E-state index contributed by atoms with van der Waals surface area (Å²) in [6, 6.07) is 0. The first kappa shape index (κ1) is 10.9. The molecule has 1 atom stereocenters. The van der Waals surface area contributed by atoms with Crippen molar-refractivity contribution in [2.75, 3.05) is 17.5 Å². The summed E-state index contributed by atoms with van der Waals surface area (Å²) in [5.74, 6) is -5.08. The topological polar surface area (TPSA) is 20.3 Å². The average Bonchev–Trinajstić information content (AvgIpc) is 2.29. The number of hydrogen-bond acceptors (Lipinski definition) is 1. The van der Waals surface area contributed by atoms with Crippen LogP contribution in [-0.4, -0.2) is 34.2 Å². The van der Waals surface area contributed by atoms with Gasteiger partial charge in [0.05, 0.1) is 5.92 Å². The first-order valence-electron chi connectivity index (χ1n) is 3.88. The number of nitrogens with zero attached hydrogens (tertiary/aromatic N) is 1. The number of likely N-dealkylation sites (tertiary alicyclic amines) is 1. The van der Waals surface area contributed by atoms with E-state index in [9.17, 15) is 13.6 Å². The van der Waals surface area contributed by atoms with Gasteiger partial charge in [-0.25, -0.2) is 0 Å². The van der Waals surface area contributed by atoms with Crippen molar-refractivity contribution in [2.45, 2.75) is 5.92 Å². The van der Waals surface area contributed by atoms with Crippen LogP contribution >= 0.6 is 22.6 Å². The summed E-state index contributed by atoms with van der Waals surface area (Å²) in [4.78, 5) is 12.3. The molecule has 0 aromatic carbocycles. The number of hydrogen-bond donors (Lipinski definition) is 0. The second-order valence-electron chi connectivity index (χ2n) is 2.97. The van der Waals surface area contributed by atoms with Crippen LogP contribution in [0.2, 0.25) is 0 Å². The van der Waals surface area contributed by atoms with Crippen LogP contribution in [-0.2, 0) is 4.79 Å². The molecular formula is C8H10F2INO. The van der Waals surface area contributed by atoms with E-state index in [2.05, 4.69) is 6.58 Å². The van der Waals surface area contributed by atoms with Gasteiger partial charge in [-0.05, 0) is 0 Å². The normalized spacial score (nSPS) is 26.5. The highest BCUT2D eigenvalue weighted by atomic mass is 127. The van der Waals surface area contributed by atoms with Crippen molar-refractivity contribution >= 4 is 28.5 Å². The van der Waals surface area contributed by atoms with Crippen molar-refractivity contribution in [3.63, 3.8) is 0 Å². The van der Waals surface area contributed by atoms with Gasteiger partial charge < -0.3 is 4.90 Å². The molecule has 0 spiro atoms. The lowest BCUT2D eigenvalue weighted by Crippen LogP contribution is -2.35. The lowest BCUT2D eigenvalue weighted by molar-refractivity contribution is -0.150. The van der Waals surface area contributed by atoms with Gasteiger partial charge in [-0.1, -0.05) is 28.7 Å². The quantitative estimate of drug-likeness (QED) is 0.441. The van der Waals surface area contributed by atoms with E-state index < -0.39 is 17.7 Å². The highest BCUT2D eigenvalue weighted by molar-refractivity contribution is 14.1. The molecule has 1 rings (SSSR count). The van der Waals surface area contributed by atoms with Crippen LogP contribution in [0.15, 0.2) is 12.7 Å². The summed E-state index contributed by atoms with van der Waals surface area (Å²) in [7, 11) is 0. The zero-order valence-corrected chi connectivity index (χ0v) is 9.13. The molecule has 1 heterocycles. The zero-order valence-electron chi connectivity index (χ0n) is 6.97. The Balaban J connectivity index is 2.78. The monoisotopic (exact) mass is 301 g/mol. The van der Waals surface area contributed by atoms with Crippen molar-refractivity contribution < 1.29 is 13.6 Å². The van der Waals surface area contributed by atoms with Crippen molar-refractivity contribution in [2.24, 2.45) is 5.92 Å². The van der Waals surface area contributed by atoms with E-state index in [1.165, 1.54) is 6.08 Å². The van der Waals surface area contributed by atoms with Gasteiger partial charge in [0.25, 0.3) is 5.91 Å². The van der Waals surface area contributed by atoms with E-state index >= 15 is 0 Å². The van der Waals surface area contributed by atoms with Gasteiger partial charge in [0.15, 0.2) is 0 Å². The molecule has 13 heavy (non-hydrogen) atoms.